The first-order chi connectivity index (χ1) is 6.12. The molecule has 0 aliphatic heterocycles. The molecule has 0 aliphatic carbocycles. The fourth-order valence-corrected chi connectivity index (χ4v) is 2.69. The van der Waals surface area contributed by atoms with E-state index < -0.39 is 8.07 Å². The van der Waals surface area contributed by atoms with Crippen molar-refractivity contribution in [2.24, 2.45) is 0 Å². The molecule has 0 aromatic heterocycles. The Morgan fingerprint density at radius 3 is 2.15 bits per heavy atom. The summed E-state index contributed by atoms with van der Waals surface area (Å²) >= 11 is 0. The zero-order valence-corrected chi connectivity index (χ0v) is 10.3. The minimum absolute atomic E-state index is 1.00. The minimum atomic E-state index is -1.00. The van der Waals surface area contributed by atoms with Crippen molar-refractivity contribution in [3.8, 4) is 0 Å². The first kappa shape index (κ1) is 12.7. The first-order valence-corrected chi connectivity index (χ1v) is 8.65. The van der Waals surface area contributed by atoms with Gasteiger partial charge in [-0.1, -0.05) is 44.5 Å². The molecule has 0 unspecified atom stereocenters. The van der Waals surface area contributed by atoms with Crippen molar-refractivity contribution in [3.05, 3.63) is 24.9 Å². The lowest BCUT2D eigenvalue weighted by Crippen LogP contribution is -2.21. The summed E-state index contributed by atoms with van der Waals surface area (Å²) in [5.74, 6) is 0. The molecule has 0 radical (unpaired) electrons. The summed E-state index contributed by atoms with van der Waals surface area (Å²) < 4.78 is 0. The van der Waals surface area contributed by atoms with Gasteiger partial charge in [-0.05, 0) is 12.8 Å². The Morgan fingerprint density at radius 1 is 1.00 bits per heavy atom. The fourth-order valence-electron chi connectivity index (χ4n) is 1.32. The van der Waals surface area contributed by atoms with Gasteiger partial charge in [0.2, 0.25) is 0 Å². The average Bonchev–Trinajstić information content (AvgIpc) is 2.11. The van der Waals surface area contributed by atoms with E-state index in [1.54, 1.807) is 0 Å². The third-order valence-electron chi connectivity index (χ3n) is 2.53. The van der Waals surface area contributed by atoms with Crippen LogP contribution in [0.4, 0.5) is 0 Å². The molecule has 0 saturated carbocycles. The summed E-state index contributed by atoms with van der Waals surface area (Å²) in [6, 6.07) is 1.41. The predicted octanol–water partition coefficient (Wildman–Crippen LogP) is 4.56. The van der Waals surface area contributed by atoms with Crippen molar-refractivity contribution in [1.82, 2.24) is 0 Å². The van der Waals surface area contributed by atoms with E-state index in [9.17, 15) is 0 Å². The molecule has 0 aromatic rings. The Bertz CT molecular complexity index is 147. The Labute approximate surface area is 84.8 Å². The molecule has 0 aromatic carbocycles. The molecule has 0 heterocycles. The normalized spacial score (nSPS) is 11.2. The van der Waals surface area contributed by atoms with E-state index in [-0.39, 0.29) is 0 Å². The van der Waals surface area contributed by atoms with Gasteiger partial charge in [0.05, 0.1) is 8.07 Å². The third kappa shape index (κ3) is 8.04. The van der Waals surface area contributed by atoms with Gasteiger partial charge in [-0.15, -0.1) is 18.9 Å². The maximum Gasteiger partial charge on any atom is 0.0709 e. The number of rotatable bonds is 8. The summed E-state index contributed by atoms with van der Waals surface area (Å²) in [4.78, 5) is 0. The minimum Gasteiger partial charge on any atom is -0.107 e. The van der Waals surface area contributed by atoms with Crippen LogP contribution in [0.1, 0.15) is 32.1 Å². The van der Waals surface area contributed by atoms with Gasteiger partial charge in [-0.3, -0.25) is 0 Å². The third-order valence-corrected chi connectivity index (χ3v) is 5.28. The maximum atomic E-state index is 3.91. The summed E-state index contributed by atoms with van der Waals surface area (Å²) in [5.41, 5.74) is 2.21. The van der Waals surface area contributed by atoms with Gasteiger partial charge in [0.15, 0.2) is 0 Å². The van der Waals surface area contributed by atoms with Gasteiger partial charge < -0.3 is 0 Å². The molecule has 1 heteroatoms. The first-order valence-electron chi connectivity index (χ1n) is 5.37. The van der Waals surface area contributed by atoms with Gasteiger partial charge in [0.25, 0.3) is 0 Å². The van der Waals surface area contributed by atoms with E-state index >= 15 is 0 Å². The van der Waals surface area contributed by atoms with E-state index in [0.29, 0.717) is 0 Å². The highest BCUT2D eigenvalue weighted by Crippen LogP contribution is 2.16. The van der Waals surface area contributed by atoms with E-state index in [2.05, 4.69) is 32.0 Å². The highest BCUT2D eigenvalue weighted by molar-refractivity contribution is 6.82. The molecular weight excluding hydrogens is 172 g/mol. The second-order valence-electron chi connectivity index (χ2n) is 4.43. The molecule has 0 rings (SSSR count). The van der Waals surface area contributed by atoms with Crippen LogP contribution in [0.15, 0.2) is 24.9 Å². The monoisotopic (exact) mass is 196 g/mol. The Morgan fingerprint density at radius 2 is 1.62 bits per heavy atom. The van der Waals surface area contributed by atoms with Crippen LogP contribution in [0.3, 0.4) is 0 Å². The van der Waals surface area contributed by atoms with Crippen LogP contribution in [-0.4, -0.2) is 8.07 Å². The molecule has 0 aliphatic rings. The molecule has 0 amide bonds. The van der Waals surface area contributed by atoms with Gasteiger partial charge >= 0.3 is 0 Å². The smallest absolute Gasteiger partial charge is 0.0709 e. The largest absolute Gasteiger partial charge is 0.107 e. The van der Waals surface area contributed by atoms with Crippen molar-refractivity contribution in [3.63, 3.8) is 0 Å². The number of unbranched alkanes of at least 4 members (excludes halogenated alkanes) is 4. The van der Waals surface area contributed by atoms with Crippen LogP contribution >= 0.6 is 0 Å². The molecule has 0 atom stereocenters. The summed E-state index contributed by atoms with van der Waals surface area (Å²) in [7, 11) is -1.00. The van der Waals surface area contributed by atoms with Crippen LogP contribution in [-0.2, 0) is 0 Å². The SMILES string of the molecule is C=CCCCCCC[Si](C)(C)C=C. The fraction of sp³-hybridized carbons (Fsp3) is 0.667. The summed E-state index contributed by atoms with van der Waals surface area (Å²) in [5, 5.41) is 0. The second-order valence-corrected chi connectivity index (χ2v) is 9.32. The lowest BCUT2D eigenvalue weighted by Gasteiger charge is -2.16. The highest BCUT2D eigenvalue weighted by Gasteiger charge is 2.14. The summed E-state index contributed by atoms with van der Waals surface area (Å²) in [6.45, 7) is 12.4. The van der Waals surface area contributed by atoms with E-state index in [4.69, 9.17) is 0 Å². The quantitative estimate of drug-likeness (QED) is 0.303. The predicted molar refractivity (Wildman–Crippen MR) is 65.8 cm³/mol. The Kier molecular flexibility index (Phi) is 6.97. The molecule has 0 fully saturated rings. The lowest BCUT2D eigenvalue weighted by atomic mass is 10.1. The number of allylic oxidation sites excluding steroid dienone is 1. The lowest BCUT2D eigenvalue weighted by molar-refractivity contribution is 0.671. The van der Waals surface area contributed by atoms with Crippen molar-refractivity contribution < 1.29 is 0 Å². The van der Waals surface area contributed by atoms with Crippen LogP contribution in [0, 0.1) is 0 Å². The number of hydrogen-bond donors (Lipinski definition) is 0. The number of hydrogen-bond acceptors (Lipinski definition) is 0. The van der Waals surface area contributed by atoms with Crippen molar-refractivity contribution in [2.75, 3.05) is 0 Å². The van der Waals surface area contributed by atoms with E-state index in [1.165, 1.54) is 38.1 Å². The highest BCUT2D eigenvalue weighted by atomic mass is 28.3. The average molecular weight is 196 g/mol. The molecule has 0 bridgehead atoms. The van der Waals surface area contributed by atoms with E-state index in [0.717, 1.165) is 0 Å². The van der Waals surface area contributed by atoms with Crippen molar-refractivity contribution in [2.45, 2.75) is 51.2 Å². The van der Waals surface area contributed by atoms with Gasteiger partial charge in [0, 0.05) is 0 Å². The standard InChI is InChI=1S/C12H24Si/c1-5-7-8-9-10-11-12-13(3,4)6-2/h5-6H,1-2,7-12H2,3-4H3. The van der Waals surface area contributed by atoms with Crippen molar-refractivity contribution in [1.29, 1.82) is 0 Å². The molecule has 76 valence electrons. The van der Waals surface area contributed by atoms with Crippen LogP contribution < -0.4 is 0 Å². The summed E-state index contributed by atoms with van der Waals surface area (Å²) in [6.07, 6.45) is 8.67. The molecule has 0 N–H and O–H groups in total. The maximum absolute atomic E-state index is 3.91. The van der Waals surface area contributed by atoms with Gasteiger partial charge in [0.1, 0.15) is 0 Å². The Hall–Kier alpha value is -0.303. The van der Waals surface area contributed by atoms with Gasteiger partial charge in [-0.25, -0.2) is 0 Å². The topological polar surface area (TPSA) is 0 Å². The molecule has 13 heavy (non-hydrogen) atoms. The van der Waals surface area contributed by atoms with Crippen molar-refractivity contribution >= 4 is 8.07 Å². The molecular formula is C12H24Si. The van der Waals surface area contributed by atoms with Crippen LogP contribution in [0.2, 0.25) is 19.1 Å². The van der Waals surface area contributed by atoms with Gasteiger partial charge in [-0.2, -0.15) is 0 Å². The zero-order valence-electron chi connectivity index (χ0n) is 9.31. The molecule has 0 saturated heterocycles. The van der Waals surface area contributed by atoms with Crippen LogP contribution in [0.5, 0.6) is 0 Å². The molecule has 0 nitrogen and oxygen atoms in total. The van der Waals surface area contributed by atoms with Crippen LogP contribution in [0.25, 0.3) is 0 Å². The molecule has 0 spiro atoms. The second kappa shape index (κ2) is 7.13. The zero-order chi connectivity index (χ0) is 10.2. The van der Waals surface area contributed by atoms with E-state index in [1.807, 2.05) is 6.08 Å². The Balaban J connectivity index is 3.25.